The standard InChI is InChI=1S/C11H16BrNOS/c1-14-5-6-15-11(8-13)9-3-2-4-10(12)7-9/h2-4,7,11H,5-6,8,13H2,1H3. The molecule has 0 amide bonds. The molecule has 0 aliphatic rings. The predicted molar refractivity (Wildman–Crippen MR) is 70.3 cm³/mol. The van der Waals surface area contributed by atoms with Gasteiger partial charge in [-0.05, 0) is 17.7 Å². The van der Waals surface area contributed by atoms with Crippen LogP contribution in [0.3, 0.4) is 0 Å². The minimum Gasteiger partial charge on any atom is -0.384 e. The van der Waals surface area contributed by atoms with Gasteiger partial charge in [0.2, 0.25) is 0 Å². The topological polar surface area (TPSA) is 35.2 Å². The molecule has 0 aromatic heterocycles. The highest BCUT2D eigenvalue weighted by molar-refractivity contribution is 9.10. The van der Waals surface area contributed by atoms with Gasteiger partial charge in [-0.15, -0.1) is 0 Å². The van der Waals surface area contributed by atoms with Gasteiger partial charge in [0.1, 0.15) is 0 Å². The lowest BCUT2D eigenvalue weighted by atomic mass is 10.1. The van der Waals surface area contributed by atoms with Gasteiger partial charge < -0.3 is 10.5 Å². The van der Waals surface area contributed by atoms with Crippen molar-refractivity contribution in [2.24, 2.45) is 5.73 Å². The Morgan fingerprint density at radius 2 is 2.33 bits per heavy atom. The van der Waals surface area contributed by atoms with Crippen LogP contribution in [0, 0.1) is 0 Å². The molecule has 2 N–H and O–H groups in total. The molecule has 0 aliphatic heterocycles. The fourth-order valence-electron chi connectivity index (χ4n) is 1.28. The van der Waals surface area contributed by atoms with Crippen molar-refractivity contribution in [1.29, 1.82) is 0 Å². The molecule has 15 heavy (non-hydrogen) atoms. The van der Waals surface area contributed by atoms with E-state index in [1.165, 1.54) is 5.56 Å². The zero-order valence-corrected chi connectivity index (χ0v) is 11.2. The number of halogens is 1. The summed E-state index contributed by atoms with van der Waals surface area (Å²) in [6.07, 6.45) is 0. The fourth-order valence-corrected chi connectivity index (χ4v) is 2.72. The van der Waals surface area contributed by atoms with Crippen molar-refractivity contribution in [3.8, 4) is 0 Å². The van der Waals surface area contributed by atoms with Crippen LogP contribution in [0.25, 0.3) is 0 Å². The summed E-state index contributed by atoms with van der Waals surface area (Å²) in [6, 6.07) is 8.30. The Morgan fingerprint density at radius 3 is 2.93 bits per heavy atom. The normalized spacial score (nSPS) is 12.7. The van der Waals surface area contributed by atoms with E-state index < -0.39 is 0 Å². The Hall–Kier alpha value is -0.0300. The zero-order valence-electron chi connectivity index (χ0n) is 8.78. The molecular formula is C11H16BrNOS. The summed E-state index contributed by atoms with van der Waals surface area (Å²) in [5, 5.41) is 0.359. The first kappa shape index (κ1) is 13.0. The molecule has 0 aliphatic carbocycles. The van der Waals surface area contributed by atoms with Gasteiger partial charge in [-0.3, -0.25) is 0 Å². The van der Waals surface area contributed by atoms with E-state index in [1.807, 2.05) is 23.9 Å². The van der Waals surface area contributed by atoms with Crippen LogP contribution < -0.4 is 5.73 Å². The van der Waals surface area contributed by atoms with E-state index in [9.17, 15) is 0 Å². The third-order valence-electron chi connectivity index (χ3n) is 2.04. The van der Waals surface area contributed by atoms with Gasteiger partial charge in [0.15, 0.2) is 0 Å². The first-order valence-corrected chi connectivity index (χ1v) is 6.68. The van der Waals surface area contributed by atoms with E-state index in [-0.39, 0.29) is 0 Å². The quantitative estimate of drug-likeness (QED) is 0.818. The molecule has 1 aromatic carbocycles. The number of hydrogen-bond donors (Lipinski definition) is 1. The van der Waals surface area contributed by atoms with Crippen molar-refractivity contribution in [1.82, 2.24) is 0 Å². The van der Waals surface area contributed by atoms with Crippen LogP contribution in [0.5, 0.6) is 0 Å². The summed E-state index contributed by atoms with van der Waals surface area (Å²) >= 11 is 5.30. The number of ether oxygens (including phenoxy) is 1. The molecular weight excluding hydrogens is 274 g/mol. The van der Waals surface area contributed by atoms with Crippen molar-refractivity contribution < 1.29 is 4.74 Å². The molecule has 0 saturated heterocycles. The van der Waals surface area contributed by atoms with Gasteiger partial charge in [-0.1, -0.05) is 28.1 Å². The van der Waals surface area contributed by atoms with Crippen LogP contribution in [0.2, 0.25) is 0 Å². The third kappa shape index (κ3) is 4.55. The lowest BCUT2D eigenvalue weighted by molar-refractivity contribution is 0.218. The molecule has 84 valence electrons. The fraction of sp³-hybridized carbons (Fsp3) is 0.455. The Kier molecular flexibility index (Phi) is 6.32. The SMILES string of the molecule is COCCSC(CN)c1cccc(Br)c1. The number of methoxy groups -OCH3 is 1. The van der Waals surface area contributed by atoms with Crippen molar-refractivity contribution in [3.05, 3.63) is 34.3 Å². The number of hydrogen-bond acceptors (Lipinski definition) is 3. The zero-order chi connectivity index (χ0) is 11.1. The molecule has 4 heteroatoms. The van der Waals surface area contributed by atoms with Crippen LogP contribution in [-0.2, 0) is 4.74 Å². The Bertz CT molecular complexity index is 296. The van der Waals surface area contributed by atoms with E-state index in [0.717, 1.165) is 16.8 Å². The maximum absolute atomic E-state index is 5.76. The van der Waals surface area contributed by atoms with Crippen molar-refractivity contribution in [2.45, 2.75) is 5.25 Å². The Morgan fingerprint density at radius 1 is 1.53 bits per heavy atom. The molecule has 0 radical (unpaired) electrons. The molecule has 1 unspecified atom stereocenters. The monoisotopic (exact) mass is 289 g/mol. The second kappa shape index (κ2) is 7.28. The first-order valence-electron chi connectivity index (χ1n) is 4.84. The second-order valence-electron chi connectivity index (χ2n) is 3.14. The lowest BCUT2D eigenvalue weighted by Gasteiger charge is -2.14. The van der Waals surface area contributed by atoms with Crippen LogP contribution in [0.1, 0.15) is 10.8 Å². The van der Waals surface area contributed by atoms with Crippen molar-refractivity contribution in [3.63, 3.8) is 0 Å². The smallest absolute Gasteiger partial charge is 0.0553 e. The largest absolute Gasteiger partial charge is 0.384 e. The first-order chi connectivity index (χ1) is 7.27. The van der Waals surface area contributed by atoms with E-state index in [4.69, 9.17) is 10.5 Å². The maximum Gasteiger partial charge on any atom is 0.0553 e. The molecule has 0 saturated carbocycles. The van der Waals surface area contributed by atoms with Crippen LogP contribution in [0.4, 0.5) is 0 Å². The van der Waals surface area contributed by atoms with Gasteiger partial charge in [-0.2, -0.15) is 11.8 Å². The number of benzene rings is 1. The summed E-state index contributed by atoms with van der Waals surface area (Å²) in [6.45, 7) is 1.43. The Labute approximate surface area is 104 Å². The lowest BCUT2D eigenvalue weighted by Crippen LogP contribution is -2.10. The van der Waals surface area contributed by atoms with Gasteiger partial charge in [-0.25, -0.2) is 0 Å². The number of nitrogens with two attached hydrogens (primary N) is 1. The molecule has 1 rings (SSSR count). The molecule has 1 aromatic rings. The van der Waals surface area contributed by atoms with Crippen LogP contribution in [-0.4, -0.2) is 26.0 Å². The van der Waals surface area contributed by atoms with Crippen molar-refractivity contribution in [2.75, 3.05) is 26.0 Å². The molecule has 2 nitrogen and oxygen atoms in total. The number of thioether (sulfide) groups is 1. The summed E-state index contributed by atoms with van der Waals surface area (Å²) < 4.78 is 6.13. The minimum absolute atomic E-state index is 0.359. The van der Waals surface area contributed by atoms with E-state index in [1.54, 1.807) is 7.11 Å². The average molecular weight is 290 g/mol. The third-order valence-corrected chi connectivity index (χ3v) is 3.80. The Balaban J connectivity index is 2.57. The average Bonchev–Trinajstić information content (AvgIpc) is 2.24. The molecule has 1 atom stereocenters. The summed E-state index contributed by atoms with van der Waals surface area (Å²) in [7, 11) is 1.72. The van der Waals surface area contributed by atoms with Crippen molar-refractivity contribution >= 4 is 27.7 Å². The van der Waals surface area contributed by atoms with E-state index in [0.29, 0.717) is 11.8 Å². The summed E-state index contributed by atoms with van der Waals surface area (Å²) in [5.74, 6) is 0.977. The highest BCUT2D eigenvalue weighted by atomic mass is 79.9. The highest BCUT2D eigenvalue weighted by Gasteiger charge is 2.09. The van der Waals surface area contributed by atoms with E-state index >= 15 is 0 Å². The highest BCUT2D eigenvalue weighted by Crippen LogP contribution is 2.29. The predicted octanol–water partition coefficient (Wildman–Crippen LogP) is 2.83. The van der Waals surface area contributed by atoms with Gasteiger partial charge in [0.25, 0.3) is 0 Å². The van der Waals surface area contributed by atoms with Gasteiger partial charge in [0, 0.05) is 29.1 Å². The summed E-state index contributed by atoms with van der Waals surface area (Å²) in [4.78, 5) is 0. The van der Waals surface area contributed by atoms with Gasteiger partial charge >= 0.3 is 0 Å². The van der Waals surface area contributed by atoms with Crippen LogP contribution >= 0.6 is 27.7 Å². The molecule has 0 spiro atoms. The molecule has 0 fully saturated rings. The van der Waals surface area contributed by atoms with Gasteiger partial charge in [0.05, 0.1) is 6.61 Å². The summed E-state index contributed by atoms with van der Waals surface area (Å²) in [5.41, 5.74) is 7.03. The minimum atomic E-state index is 0.359. The maximum atomic E-state index is 5.76. The number of rotatable bonds is 6. The second-order valence-corrected chi connectivity index (χ2v) is 5.37. The molecule has 0 bridgehead atoms. The van der Waals surface area contributed by atoms with Crippen LogP contribution in [0.15, 0.2) is 28.7 Å². The van der Waals surface area contributed by atoms with E-state index in [2.05, 4.69) is 28.1 Å². The molecule has 0 heterocycles.